The summed E-state index contributed by atoms with van der Waals surface area (Å²) in [5.41, 5.74) is 1.59. The van der Waals surface area contributed by atoms with E-state index in [1.807, 2.05) is 48.5 Å². The summed E-state index contributed by atoms with van der Waals surface area (Å²) in [7, 11) is 0. The van der Waals surface area contributed by atoms with Gasteiger partial charge in [-0.05, 0) is 13.8 Å². The molecule has 0 N–H and O–H groups in total. The Morgan fingerprint density at radius 2 is 0.941 bits per heavy atom. The first kappa shape index (κ1) is 15.6. The number of carbonyl (C=O) groups excluding carboxylic acids is 2. The van der Waals surface area contributed by atoms with E-state index in [2.05, 4.69) is 0 Å². The van der Waals surface area contributed by atoms with E-state index in [1.165, 1.54) is 0 Å². The average Bonchev–Trinajstić information content (AvgIpc) is 2.93. The monoisotopic (exact) mass is 270 g/mol. The van der Waals surface area contributed by atoms with Gasteiger partial charge in [-0.25, -0.2) is 24.3 Å². The zero-order valence-corrected chi connectivity index (χ0v) is 10.9. The first-order chi connectivity index (χ1) is 7.61. The minimum absolute atomic E-state index is 0. The summed E-state index contributed by atoms with van der Waals surface area (Å²) < 4.78 is 0. The molecule has 0 heterocycles. The summed E-state index contributed by atoms with van der Waals surface area (Å²) in [5.74, 6) is 0.269. The number of rotatable bonds is 2. The molecule has 0 radical (unpaired) electrons. The maximum atomic E-state index is 10.5. The Balaban J connectivity index is 0.000000284. The molecule has 3 heteroatoms. The van der Waals surface area contributed by atoms with Crippen molar-refractivity contribution in [1.82, 2.24) is 0 Å². The van der Waals surface area contributed by atoms with Crippen LogP contribution in [0.3, 0.4) is 0 Å². The van der Waals surface area contributed by atoms with E-state index in [1.54, 1.807) is 13.8 Å². The van der Waals surface area contributed by atoms with Crippen LogP contribution in [0, 0.1) is 0 Å². The van der Waals surface area contributed by atoms with Gasteiger partial charge in [-0.1, -0.05) is 11.1 Å². The Kier molecular flexibility index (Phi) is 7.11. The predicted molar refractivity (Wildman–Crippen MR) is 64.1 cm³/mol. The van der Waals surface area contributed by atoms with Crippen LogP contribution >= 0.6 is 0 Å². The van der Waals surface area contributed by atoms with Crippen molar-refractivity contribution in [2.24, 2.45) is 0 Å². The molecule has 0 spiro atoms. The van der Waals surface area contributed by atoms with Crippen LogP contribution in [0.2, 0.25) is 0 Å². The van der Waals surface area contributed by atoms with Gasteiger partial charge in [0.1, 0.15) is 11.6 Å². The molecule has 0 atom stereocenters. The third-order valence-corrected chi connectivity index (χ3v) is 2.14. The molecule has 0 aliphatic heterocycles. The van der Waals surface area contributed by atoms with Gasteiger partial charge in [0, 0.05) is 17.1 Å². The number of hydrogen-bond donors (Lipinski definition) is 0. The van der Waals surface area contributed by atoms with Crippen LogP contribution in [0.1, 0.15) is 34.6 Å². The predicted octanol–water partition coefficient (Wildman–Crippen LogP) is 3.21. The Labute approximate surface area is 112 Å². The van der Waals surface area contributed by atoms with Gasteiger partial charge in [0.25, 0.3) is 0 Å². The van der Waals surface area contributed by atoms with E-state index >= 15 is 0 Å². The van der Waals surface area contributed by atoms with E-state index < -0.39 is 0 Å². The van der Waals surface area contributed by atoms with Gasteiger partial charge in [-0.2, -0.15) is 24.3 Å². The maximum Gasteiger partial charge on any atom is 0.105 e. The van der Waals surface area contributed by atoms with Gasteiger partial charge in [0.2, 0.25) is 0 Å². The molecule has 17 heavy (non-hydrogen) atoms. The summed E-state index contributed by atoms with van der Waals surface area (Å²) in [5, 5.41) is 0. The normalized spacial score (nSPS) is 8.59. The van der Waals surface area contributed by atoms with Crippen molar-refractivity contribution < 1.29 is 26.7 Å². The van der Waals surface area contributed by atoms with Crippen molar-refractivity contribution in [3.05, 3.63) is 59.7 Å². The van der Waals surface area contributed by atoms with Crippen LogP contribution in [0.25, 0.3) is 0 Å². The Bertz CT molecular complexity index is 394. The minimum atomic E-state index is 0. The van der Waals surface area contributed by atoms with Gasteiger partial charge in [-0.15, -0.1) is 0 Å². The number of ketones is 2. The van der Waals surface area contributed by atoms with E-state index in [0.717, 1.165) is 11.1 Å². The van der Waals surface area contributed by atoms with Crippen molar-refractivity contribution >= 4 is 11.6 Å². The fourth-order valence-electron chi connectivity index (χ4n) is 1.22. The third kappa shape index (κ3) is 5.43. The molecule has 2 nitrogen and oxygen atoms in total. The molecule has 0 saturated heterocycles. The topological polar surface area (TPSA) is 34.1 Å². The second-order valence-electron chi connectivity index (χ2n) is 3.46. The largest absolute Gasteiger partial charge is 0.309 e. The van der Waals surface area contributed by atoms with Gasteiger partial charge >= 0.3 is 0 Å². The Morgan fingerprint density at radius 1 is 0.706 bits per heavy atom. The van der Waals surface area contributed by atoms with Crippen LogP contribution in [0.5, 0.6) is 0 Å². The van der Waals surface area contributed by atoms with Crippen molar-refractivity contribution in [3.8, 4) is 0 Å². The number of carbonyl (C=O) groups is 2. The smallest absolute Gasteiger partial charge is 0.105 e. The zero-order chi connectivity index (χ0) is 12.0. The van der Waals surface area contributed by atoms with Crippen LogP contribution in [0.4, 0.5) is 0 Å². The Morgan fingerprint density at radius 3 is 1.06 bits per heavy atom. The van der Waals surface area contributed by atoms with E-state index in [0.29, 0.717) is 0 Å². The van der Waals surface area contributed by atoms with Crippen LogP contribution in [0.15, 0.2) is 48.5 Å². The average molecular weight is 270 g/mol. The van der Waals surface area contributed by atoms with Crippen molar-refractivity contribution in [1.29, 1.82) is 0 Å². The standard InChI is InChI=1S/2C7H7O.Fe/c2*1-6(8)7-4-2-3-5-7;/h2*2-5H,1H3;/q2*-1;. The summed E-state index contributed by atoms with van der Waals surface area (Å²) >= 11 is 0. The molecule has 0 aliphatic carbocycles. The molecular weight excluding hydrogens is 256 g/mol. The number of hydrogen-bond acceptors (Lipinski definition) is 2. The van der Waals surface area contributed by atoms with E-state index in [-0.39, 0.29) is 28.6 Å². The quantitative estimate of drug-likeness (QED) is 0.477. The van der Waals surface area contributed by atoms with E-state index in [4.69, 9.17) is 0 Å². The molecule has 0 saturated carbocycles. The second kappa shape index (κ2) is 7.77. The molecule has 2 rings (SSSR count). The Hall–Kier alpha value is -1.44. The molecule has 2 aromatic rings. The van der Waals surface area contributed by atoms with Gasteiger partial charge in [0.05, 0.1) is 0 Å². The second-order valence-corrected chi connectivity index (χ2v) is 3.46. The fraction of sp³-hybridized carbons (Fsp3) is 0.143. The van der Waals surface area contributed by atoms with Crippen LogP contribution < -0.4 is 0 Å². The molecule has 0 unspecified atom stereocenters. The molecule has 2 aromatic carbocycles. The summed E-state index contributed by atoms with van der Waals surface area (Å²) in [4.78, 5) is 21.0. The van der Waals surface area contributed by atoms with Crippen LogP contribution in [-0.4, -0.2) is 11.6 Å². The van der Waals surface area contributed by atoms with Crippen LogP contribution in [-0.2, 0) is 17.1 Å². The van der Waals surface area contributed by atoms with Gasteiger partial charge in [-0.3, -0.25) is 0 Å². The summed E-state index contributed by atoms with van der Waals surface area (Å²) in [6, 6.07) is 14.7. The maximum absolute atomic E-state index is 10.5. The van der Waals surface area contributed by atoms with E-state index in [9.17, 15) is 9.59 Å². The molecular formula is C14H14FeO2-2. The fourth-order valence-corrected chi connectivity index (χ4v) is 1.22. The third-order valence-electron chi connectivity index (χ3n) is 2.14. The van der Waals surface area contributed by atoms with Crippen molar-refractivity contribution in [2.75, 3.05) is 0 Å². The van der Waals surface area contributed by atoms with Crippen molar-refractivity contribution in [3.63, 3.8) is 0 Å². The molecule has 0 aromatic heterocycles. The first-order valence-corrected chi connectivity index (χ1v) is 5.06. The molecule has 0 bridgehead atoms. The van der Waals surface area contributed by atoms with Crippen molar-refractivity contribution in [2.45, 2.75) is 13.8 Å². The SMILES string of the molecule is CC(=O)[c-]1cccc1.CC(=O)[c-]1cccc1.[Fe]. The summed E-state index contributed by atoms with van der Waals surface area (Å²) in [6.45, 7) is 3.13. The van der Waals surface area contributed by atoms with Gasteiger partial charge in [0.15, 0.2) is 0 Å². The molecule has 0 aliphatic rings. The minimum Gasteiger partial charge on any atom is -0.309 e. The molecule has 0 fully saturated rings. The first-order valence-electron chi connectivity index (χ1n) is 5.06. The molecule has 92 valence electrons. The number of Topliss-reactive ketones (excluding diaryl/α,β-unsaturated/α-hetero) is 2. The molecule has 0 amide bonds. The summed E-state index contributed by atoms with van der Waals surface area (Å²) in [6.07, 6.45) is 0. The van der Waals surface area contributed by atoms with Gasteiger partial charge < -0.3 is 9.59 Å². The zero-order valence-electron chi connectivity index (χ0n) is 9.79.